The van der Waals surface area contributed by atoms with Crippen molar-refractivity contribution in [3.63, 3.8) is 0 Å². The van der Waals surface area contributed by atoms with Gasteiger partial charge in [-0.15, -0.1) is 0 Å². The molecule has 6 nitrogen and oxygen atoms in total. The Balaban J connectivity index is 1.78. The monoisotopic (exact) mass is 321 g/mol. The van der Waals surface area contributed by atoms with E-state index in [0.29, 0.717) is 23.5 Å². The molecule has 1 fully saturated rings. The molecule has 2 N–H and O–H groups in total. The quantitative estimate of drug-likeness (QED) is 0.872. The lowest BCUT2D eigenvalue weighted by Gasteiger charge is -2.27. The zero-order valence-electron chi connectivity index (χ0n) is 13.0. The number of aromatic nitrogens is 1. The summed E-state index contributed by atoms with van der Waals surface area (Å²) in [5.41, 5.74) is 2.98. The van der Waals surface area contributed by atoms with Gasteiger partial charge >= 0.3 is 6.09 Å². The van der Waals surface area contributed by atoms with Crippen LogP contribution in [0.2, 0.25) is 0 Å². The molecule has 3 rings (SSSR count). The number of fused-ring (bicyclic) bond motifs is 1. The smallest absolute Gasteiger partial charge is 0.404 e. The van der Waals surface area contributed by atoms with Crippen molar-refractivity contribution in [2.75, 3.05) is 13.1 Å². The van der Waals surface area contributed by atoms with Gasteiger partial charge in [0.2, 0.25) is 0 Å². The Morgan fingerprint density at radius 3 is 2.87 bits per heavy atom. The first-order valence-electron chi connectivity index (χ1n) is 7.75. The number of hydrogen-bond acceptors (Lipinski definition) is 2. The Morgan fingerprint density at radius 2 is 2.26 bits per heavy atom. The Morgan fingerprint density at radius 1 is 1.52 bits per heavy atom. The maximum atomic E-state index is 13.0. The second-order valence-corrected chi connectivity index (χ2v) is 6.14. The second-order valence-electron chi connectivity index (χ2n) is 6.14. The minimum absolute atomic E-state index is 0.0602. The Hall–Kier alpha value is -2.31. The van der Waals surface area contributed by atoms with Gasteiger partial charge in [-0.3, -0.25) is 4.79 Å². The van der Waals surface area contributed by atoms with E-state index < -0.39 is 6.09 Å². The molecular weight excluding hydrogens is 301 g/mol. The fraction of sp³-hybridized carbons (Fsp3) is 0.500. The molecule has 1 saturated carbocycles. The topological polar surface area (TPSA) is 74.6 Å². The number of halogens is 1. The van der Waals surface area contributed by atoms with Crippen LogP contribution in [0.5, 0.6) is 0 Å². The highest BCUT2D eigenvalue weighted by Gasteiger charge is 2.37. The maximum absolute atomic E-state index is 13.0. The van der Waals surface area contributed by atoms with Gasteiger partial charge in [0.05, 0.1) is 11.9 Å². The van der Waals surface area contributed by atoms with Crippen molar-refractivity contribution >= 4 is 12.0 Å². The van der Waals surface area contributed by atoms with E-state index in [9.17, 15) is 14.0 Å². The summed E-state index contributed by atoms with van der Waals surface area (Å²) in [5.74, 6) is 0.0602. The highest BCUT2D eigenvalue weighted by Crippen LogP contribution is 2.33. The highest BCUT2D eigenvalue weighted by atomic mass is 19.1. The number of carbonyl (C=O) groups excluding carboxylic acids is 1. The molecule has 2 aliphatic rings. The zero-order valence-corrected chi connectivity index (χ0v) is 13.0. The van der Waals surface area contributed by atoms with Crippen LogP contribution >= 0.6 is 0 Å². The molecule has 0 saturated heterocycles. The van der Waals surface area contributed by atoms with Crippen LogP contribution < -0.4 is 5.32 Å². The zero-order chi connectivity index (χ0) is 16.6. The molecule has 23 heavy (non-hydrogen) atoms. The third kappa shape index (κ3) is 3.09. The first-order chi connectivity index (χ1) is 11.0. The van der Waals surface area contributed by atoms with E-state index in [2.05, 4.69) is 5.32 Å². The third-order valence-corrected chi connectivity index (χ3v) is 4.55. The number of carbonyl (C=O) groups is 2. The number of amides is 2. The minimum Gasteiger partial charge on any atom is -0.465 e. The van der Waals surface area contributed by atoms with Crippen molar-refractivity contribution in [1.29, 1.82) is 0 Å². The second kappa shape index (κ2) is 6.06. The molecule has 0 bridgehead atoms. The number of carboxylic acid groups (broad SMARTS) is 1. The van der Waals surface area contributed by atoms with E-state index in [0.717, 1.165) is 37.1 Å². The summed E-state index contributed by atoms with van der Waals surface area (Å²) in [5, 5.41) is 10.8. The Bertz CT molecular complexity index is 676. The van der Waals surface area contributed by atoms with E-state index in [-0.39, 0.29) is 19.0 Å². The van der Waals surface area contributed by atoms with E-state index in [4.69, 9.17) is 5.11 Å². The number of rotatable bonds is 5. The molecule has 124 valence electrons. The summed E-state index contributed by atoms with van der Waals surface area (Å²) in [4.78, 5) is 25.0. The number of nitrogens with zero attached hydrogens (tertiary/aromatic N) is 2. The van der Waals surface area contributed by atoms with Crippen LogP contribution in [0, 0.1) is 6.92 Å². The van der Waals surface area contributed by atoms with Crippen molar-refractivity contribution in [1.82, 2.24) is 14.8 Å². The van der Waals surface area contributed by atoms with Crippen LogP contribution in [0.25, 0.3) is 0 Å². The molecule has 2 heterocycles. The average molecular weight is 321 g/mol. The van der Waals surface area contributed by atoms with Gasteiger partial charge in [0.1, 0.15) is 0 Å². The lowest BCUT2D eigenvalue weighted by molar-refractivity contribution is 0.0727. The van der Waals surface area contributed by atoms with Crippen LogP contribution in [0.1, 0.15) is 34.5 Å². The summed E-state index contributed by atoms with van der Waals surface area (Å²) in [6.45, 7) is 2.82. The summed E-state index contributed by atoms with van der Waals surface area (Å²) in [6, 6.07) is 0.389. The Kier molecular flexibility index (Phi) is 4.11. The van der Waals surface area contributed by atoms with E-state index in [1.165, 1.54) is 0 Å². The van der Waals surface area contributed by atoms with Gasteiger partial charge in [-0.2, -0.15) is 0 Å². The summed E-state index contributed by atoms with van der Waals surface area (Å²) < 4.78 is 14.8. The number of hydrogen-bond donors (Lipinski definition) is 2. The molecule has 1 aromatic heterocycles. The molecule has 1 aliphatic carbocycles. The van der Waals surface area contributed by atoms with Gasteiger partial charge in [-0.1, -0.05) is 0 Å². The van der Waals surface area contributed by atoms with E-state index in [1.54, 1.807) is 6.20 Å². The molecule has 0 unspecified atom stereocenters. The van der Waals surface area contributed by atoms with E-state index in [1.807, 2.05) is 16.4 Å². The predicted molar refractivity (Wildman–Crippen MR) is 82.2 cm³/mol. The fourth-order valence-corrected chi connectivity index (χ4v) is 3.12. The highest BCUT2D eigenvalue weighted by molar-refractivity contribution is 5.97. The first kappa shape index (κ1) is 15.6. The van der Waals surface area contributed by atoms with Gasteiger partial charge < -0.3 is 19.9 Å². The first-order valence-corrected chi connectivity index (χ1v) is 7.75. The van der Waals surface area contributed by atoms with Gasteiger partial charge in [0.15, 0.2) is 0 Å². The van der Waals surface area contributed by atoms with Crippen molar-refractivity contribution in [2.45, 2.75) is 38.8 Å². The van der Waals surface area contributed by atoms with Gasteiger partial charge in [-0.25, -0.2) is 9.18 Å². The molecule has 0 atom stereocenters. The van der Waals surface area contributed by atoms with Gasteiger partial charge in [-0.05, 0) is 37.3 Å². The lowest BCUT2D eigenvalue weighted by Crippen LogP contribution is -2.38. The standard InChI is InChI=1S/C16H20FN3O3/c1-10-13-4-5-20(12-2-3-12)15(21)14(13)9-19(10)8-11(6-17)7-18-16(22)23/h6,9,12,18H,2-5,7-8H2,1H3,(H,22,23)/b11-6+. The van der Waals surface area contributed by atoms with Crippen LogP contribution in [0.3, 0.4) is 0 Å². The van der Waals surface area contributed by atoms with Crippen LogP contribution in [-0.4, -0.2) is 45.7 Å². The van der Waals surface area contributed by atoms with Gasteiger partial charge in [0, 0.05) is 37.6 Å². The van der Waals surface area contributed by atoms with Crippen molar-refractivity contribution in [2.24, 2.45) is 0 Å². The lowest BCUT2D eigenvalue weighted by atomic mass is 10.0. The fourth-order valence-electron chi connectivity index (χ4n) is 3.12. The maximum Gasteiger partial charge on any atom is 0.404 e. The summed E-state index contributed by atoms with van der Waals surface area (Å²) >= 11 is 0. The molecule has 7 heteroatoms. The molecule has 1 aromatic rings. The molecule has 0 radical (unpaired) electrons. The van der Waals surface area contributed by atoms with Crippen molar-refractivity contribution < 1.29 is 19.1 Å². The molecule has 0 spiro atoms. The van der Waals surface area contributed by atoms with Crippen LogP contribution in [0.15, 0.2) is 18.1 Å². The molecule has 2 amide bonds. The van der Waals surface area contributed by atoms with Crippen molar-refractivity contribution in [3.05, 3.63) is 34.9 Å². The van der Waals surface area contributed by atoms with Crippen LogP contribution in [0.4, 0.5) is 9.18 Å². The normalized spacial score (nSPS) is 18.1. The number of nitrogens with one attached hydrogen (secondary N) is 1. The van der Waals surface area contributed by atoms with Gasteiger partial charge in [0.25, 0.3) is 5.91 Å². The van der Waals surface area contributed by atoms with E-state index >= 15 is 0 Å². The predicted octanol–water partition coefficient (Wildman–Crippen LogP) is 2.08. The largest absolute Gasteiger partial charge is 0.465 e. The summed E-state index contributed by atoms with van der Waals surface area (Å²) in [6.07, 6.45) is 3.98. The Labute approximate surface area is 133 Å². The molecular formula is C16H20FN3O3. The summed E-state index contributed by atoms with van der Waals surface area (Å²) in [7, 11) is 0. The van der Waals surface area contributed by atoms with Crippen LogP contribution in [-0.2, 0) is 13.0 Å². The SMILES string of the molecule is Cc1c2c(cn1C/C(=C/F)CNC(=O)O)C(=O)N(C1CC1)CC2. The minimum atomic E-state index is -1.19. The molecule has 1 aliphatic heterocycles. The van der Waals surface area contributed by atoms with Crippen molar-refractivity contribution in [3.8, 4) is 0 Å². The third-order valence-electron chi connectivity index (χ3n) is 4.55. The average Bonchev–Trinajstić information content (AvgIpc) is 3.30. The molecule has 0 aromatic carbocycles.